The van der Waals surface area contributed by atoms with Crippen molar-refractivity contribution in [3.63, 3.8) is 0 Å². The Balaban J connectivity index is 1.79. The first kappa shape index (κ1) is 18.3. The molecule has 0 unspecified atom stereocenters. The number of hydrogen-bond donors (Lipinski definition) is 2. The third-order valence-electron chi connectivity index (χ3n) is 4.11. The fraction of sp³-hybridized carbons (Fsp3) is 0.421. The van der Waals surface area contributed by atoms with Gasteiger partial charge in [0.25, 0.3) is 0 Å². The van der Waals surface area contributed by atoms with Crippen molar-refractivity contribution < 1.29 is 19.7 Å². The minimum atomic E-state index is -0.973. The quantitative estimate of drug-likeness (QED) is 0.854. The highest BCUT2D eigenvalue weighted by Gasteiger charge is 2.23. The van der Waals surface area contributed by atoms with Crippen LogP contribution in [0.2, 0.25) is 0 Å². The lowest BCUT2D eigenvalue weighted by atomic mass is 10.0. The zero-order valence-corrected chi connectivity index (χ0v) is 15.0. The molecule has 0 fully saturated rings. The van der Waals surface area contributed by atoms with E-state index in [1.165, 1.54) is 4.90 Å². The summed E-state index contributed by atoms with van der Waals surface area (Å²) in [4.78, 5) is 21.3. The van der Waals surface area contributed by atoms with E-state index in [1.54, 1.807) is 32.4 Å². The Labute approximate surface area is 152 Å². The van der Waals surface area contributed by atoms with Crippen molar-refractivity contribution in [1.29, 1.82) is 0 Å². The molecule has 138 valence electrons. The summed E-state index contributed by atoms with van der Waals surface area (Å²) in [7, 11) is 0. The maximum absolute atomic E-state index is 11.3. The normalized spacial score (nSPS) is 14.2. The molecular formula is C19H23N3O4. The molecule has 0 aliphatic carbocycles. The molecule has 0 saturated carbocycles. The number of aliphatic hydroxyl groups is 1. The summed E-state index contributed by atoms with van der Waals surface area (Å²) in [6.45, 7) is 4.46. The zero-order chi connectivity index (χ0) is 18.7. The van der Waals surface area contributed by atoms with E-state index in [-0.39, 0.29) is 6.61 Å². The Morgan fingerprint density at radius 3 is 2.77 bits per heavy atom. The number of ether oxygens (including phenoxy) is 1. The molecule has 2 aromatic rings. The SMILES string of the molecule is CC(C)(O)COCc1cncc(-c2cnc3c(c2)CCCN3C(=O)O)c1. The summed E-state index contributed by atoms with van der Waals surface area (Å²) < 4.78 is 5.53. The van der Waals surface area contributed by atoms with E-state index in [4.69, 9.17) is 4.74 Å². The van der Waals surface area contributed by atoms with Gasteiger partial charge < -0.3 is 14.9 Å². The van der Waals surface area contributed by atoms with Crippen LogP contribution < -0.4 is 4.90 Å². The molecule has 26 heavy (non-hydrogen) atoms. The maximum atomic E-state index is 11.3. The standard InChI is InChI=1S/C19H23N3O4/c1-19(2,25)12-26-11-13-6-15(9-20-8-13)16-7-14-4-3-5-22(18(23)24)17(14)21-10-16/h6-10,25H,3-5,11-12H2,1-2H3,(H,23,24). The number of aromatic nitrogens is 2. The fourth-order valence-corrected chi connectivity index (χ4v) is 2.95. The topological polar surface area (TPSA) is 95.8 Å². The Hall–Kier alpha value is -2.51. The predicted molar refractivity (Wildman–Crippen MR) is 97.1 cm³/mol. The largest absolute Gasteiger partial charge is 0.465 e. The molecule has 2 N–H and O–H groups in total. The van der Waals surface area contributed by atoms with Gasteiger partial charge in [-0.1, -0.05) is 0 Å². The number of nitrogens with zero attached hydrogens (tertiary/aromatic N) is 3. The van der Waals surface area contributed by atoms with Crippen molar-refractivity contribution in [2.75, 3.05) is 18.1 Å². The molecule has 0 spiro atoms. The fourth-order valence-electron chi connectivity index (χ4n) is 2.95. The van der Waals surface area contributed by atoms with E-state index >= 15 is 0 Å². The van der Waals surface area contributed by atoms with Crippen LogP contribution in [0.15, 0.2) is 30.7 Å². The van der Waals surface area contributed by atoms with Gasteiger partial charge >= 0.3 is 6.09 Å². The highest BCUT2D eigenvalue weighted by atomic mass is 16.5. The van der Waals surface area contributed by atoms with E-state index in [0.717, 1.165) is 35.1 Å². The van der Waals surface area contributed by atoms with Gasteiger partial charge in [-0.25, -0.2) is 9.78 Å². The molecule has 7 heteroatoms. The van der Waals surface area contributed by atoms with Gasteiger partial charge in [0.15, 0.2) is 0 Å². The van der Waals surface area contributed by atoms with Gasteiger partial charge in [0.2, 0.25) is 0 Å². The van der Waals surface area contributed by atoms with Crippen LogP contribution >= 0.6 is 0 Å². The molecule has 3 heterocycles. The monoisotopic (exact) mass is 357 g/mol. The van der Waals surface area contributed by atoms with Gasteiger partial charge in [-0.15, -0.1) is 0 Å². The number of amides is 1. The number of carboxylic acid groups (broad SMARTS) is 1. The molecule has 0 bridgehead atoms. The Kier molecular flexibility index (Phi) is 5.20. The molecule has 0 radical (unpaired) electrons. The highest BCUT2D eigenvalue weighted by molar-refractivity contribution is 5.86. The molecule has 0 saturated heterocycles. The molecule has 1 aliphatic heterocycles. The van der Waals surface area contributed by atoms with Crippen molar-refractivity contribution in [1.82, 2.24) is 9.97 Å². The molecule has 0 aromatic carbocycles. The summed E-state index contributed by atoms with van der Waals surface area (Å²) in [6, 6.07) is 3.95. The van der Waals surface area contributed by atoms with Crippen molar-refractivity contribution in [2.45, 2.75) is 38.9 Å². The Morgan fingerprint density at radius 1 is 1.27 bits per heavy atom. The van der Waals surface area contributed by atoms with Gasteiger partial charge in [-0.3, -0.25) is 9.88 Å². The average molecular weight is 357 g/mol. The summed E-state index contributed by atoms with van der Waals surface area (Å²) in [5, 5.41) is 19.0. The average Bonchev–Trinajstić information content (AvgIpc) is 2.60. The number of carbonyl (C=O) groups is 1. The van der Waals surface area contributed by atoms with E-state index < -0.39 is 11.7 Å². The van der Waals surface area contributed by atoms with Crippen molar-refractivity contribution in [2.24, 2.45) is 0 Å². The van der Waals surface area contributed by atoms with Crippen molar-refractivity contribution >= 4 is 11.9 Å². The molecule has 2 aromatic heterocycles. The lowest BCUT2D eigenvalue weighted by Crippen LogP contribution is -2.34. The third-order valence-corrected chi connectivity index (χ3v) is 4.11. The van der Waals surface area contributed by atoms with E-state index in [9.17, 15) is 15.0 Å². The van der Waals surface area contributed by atoms with Crippen LogP contribution in [0.5, 0.6) is 0 Å². The minimum absolute atomic E-state index is 0.239. The lowest BCUT2D eigenvalue weighted by molar-refractivity contribution is -0.0269. The van der Waals surface area contributed by atoms with Gasteiger partial charge in [-0.05, 0) is 49.9 Å². The minimum Gasteiger partial charge on any atom is -0.465 e. The first-order chi connectivity index (χ1) is 12.3. The summed E-state index contributed by atoms with van der Waals surface area (Å²) >= 11 is 0. The lowest BCUT2D eigenvalue weighted by Gasteiger charge is -2.26. The molecule has 7 nitrogen and oxygen atoms in total. The van der Waals surface area contributed by atoms with Gasteiger partial charge in [-0.2, -0.15) is 0 Å². The predicted octanol–water partition coefficient (Wildman–Crippen LogP) is 2.86. The van der Waals surface area contributed by atoms with Crippen LogP contribution in [0, 0.1) is 0 Å². The van der Waals surface area contributed by atoms with Crippen LogP contribution in [-0.4, -0.2) is 45.0 Å². The third kappa shape index (κ3) is 4.36. The molecular weight excluding hydrogens is 334 g/mol. The second kappa shape index (κ2) is 7.39. The van der Waals surface area contributed by atoms with Crippen LogP contribution in [0.4, 0.5) is 10.6 Å². The zero-order valence-electron chi connectivity index (χ0n) is 15.0. The second-order valence-corrected chi connectivity index (χ2v) is 7.13. The first-order valence-corrected chi connectivity index (χ1v) is 8.57. The molecule has 1 aliphatic rings. The van der Waals surface area contributed by atoms with Crippen LogP contribution in [0.25, 0.3) is 11.1 Å². The summed E-state index contributed by atoms with van der Waals surface area (Å²) in [5.41, 5.74) is 2.75. The van der Waals surface area contributed by atoms with E-state index in [1.807, 2.05) is 12.1 Å². The number of anilines is 1. The van der Waals surface area contributed by atoms with Crippen LogP contribution in [0.3, 0.4) is 0 Å². The van der Waals surface area contributed by atoms with E-state index in [2.05, 4.69) is 9.97 Å². The number of aryl methyl sites for hydroxylation is 1. The van der Waals surface area contributed by atoms with Crippen LogP contribution in [0.1, 0.15) is 31.4 Å². The smallest absolute Gasteiger partial charge is 0.413 e. The van der Waals surface area contributed by atoms with E-state index in [0.29, 0.717) is 19.0 Å². The van der Waals surface area contributed by atoms with Gasteiger partial charge in [0.05, 0.1) is 18.8 Å². The van der Waals surface area contributed by atoms with Crippen molar-refractivity contribution in [3.05, 3.63) is 41.9 Å². The number of pyridine rings is 2. The maximum Gasteiger partial charge on any atom is 0.413 e. The Bertz CT molecular complexity index is 802. The van der Waals surface area contributed by atoms with Crippen molar-refractivity contribution in [3.8, 4) is 11.1 Å². The number of hydrogen-bond acceptors (Lipinski definition) is 5. The van der Waals surface area contributed by atoms with Gasteiger partial charge in [0.1, 0.15) is 5.82 Å². The van der Waals surface area contributed by atoms with Crippen LogP contribution in [-0.2, 0) is 17.8 Å². The highest BCUT2D eigenvalue weighted by Crippen LogP contribution is 2.29. The summed E-state index contributed by atoms with van der Waals surface area (Å²) in [6.07, 6.45) is 5.78. The Morgan fingerprint density at radius 2 is 2.04 bits per heavy atom. The molecule has 0 atom stereocenters. The molecule has 1 amide bonds. The number of rotatable bonds is 5. The molecule has 3 rings (SSSR count). The first-order valence-electron chi connectivity index (χ1n) is 8.57. The number of fused-ring (bicyclic) bond motifs is 1. The van der Waals surface area contributed by atoms with Gasteiger partial charge in [0, 0.05) is 36.3 Å². The summed E-state index contributed by atoms with van der Waals surface area (Å²) in [5.74, 6) is 0.519. The second-order valence-electron chi connectivity index (χ2n) is 7.13.